The van der Waals surface area contributed by atoms with E-state index in [4.69, 9.17) is 9.47 Å². The second-order valence-electron chi connectivity index (χ2n) is 12.4. The number of para-hydroxylation sites is 2. The Labute approximate surface area is 367 Å². The molecule has 8 aromatic rings. The first-order valence-corrected chi connectivity index (χ1v) is 21.8. The maximum absolute atomic E-state index is 9.75. The molecule has 0 aliphatic rings. The molecule has 0 unspecified atom stereocenters. The zero-order valence-corrected chi connectivity index (χ0v) is 36.1. The van der Waals surface area contributed by atoms with Gasteiger partial charge in [0.25, 0.3) is 0 Å². The topological polar surface area (TPSA) is 72.9 Å². The van der Waals surface area contributed by atoms with Gasteiger partial charge in [-0.3, -0.25) is 10.1 Å². The average Bonchev–Trinajstić information content (AvgIpc) is 3.83. The number of ether oxygens (including phenoxy) is 2. The summed E-state index contributed by atoms with van der Waals surface area (Å²) in [6.07, 6.45) is 3.44. The molecule has 2 aromatic heterocycles. The molecule has 0 aliphatic heterocycles. The van der Waals surface area contributed by atoms with Crippen molar-refractivity contribution in [3.8, 4) is 22.9 Å². The van der Waals surface area contributed by atoms with Crippen molar-refractivity contribution in [2.45, 2.75) is 13.8 Å². The summed E-state index contributed by atoms with van der Waals surface area (Å²) in [7, 11) is -7.59. The first kappa shape index (κ1) is 48.2. The van der Waals surface area contributed by atoms with Crippen LogP contribution in [0.25, 0.3) is 11.4 Å². The molecule has 316 valence electrons. The van der Waals surface area contributed by atoms with Crippen molar-refractivity contribution in [1.29, 1.82) is 0 Å². The average molecular weight is 909 g/mol. The van der Waals surface area contributed by atoms with Gasteiger partial charge in [0.1, 0.15) is 17.2 Å². The van der Waals surface area contributed by atoms with Crippen LogP contribution in [0, 0.1) is 0 Å². The summed E-state index contributed by atoms with van der Waals surface area (Å²) in [4.78, 5) is 4.10. The van der Waals surface area contributed by atoms with E-state index in [1.54, 1.807) is 12.4 Å². The Morgan fingerprint density at radius 2 is 0.852 bits per heavy atom. The van der Waals surface area contributed by atoms with Gasteiger partial charge in [-0.15, -0.1) is 5.10 Å². The number of nitrogens with zero attached hydrogens (tertiary/aromatic N) is 3. The number of aromatic nitrogens is 4. The molecule has 0 spiro atoms. The Bertz CT molecular complexity index is 2170. The van der Waals surface area contributed by atoms with Crippen LogP contribution in [-0.2, 0) is 21.8 Å². The molecule has 0 atom stereocenters. The molecule has 0 amide bonds. The minimum Gasteiger partial charge on any atom is -0.456 e. The Hall–Kier alpha value is -5.47. The smallest absolute Gasteiger partial charge is 0.456 e. The predicted octanol–water partition coefficient (Wildman–Crippen LogP) is 10.2. The standard InChI is InChI=1S/C36H28OP2.C7H6N4.C4H10O.BF4.Cu/c1-5-17-29(18-6-1)38(30-19-7-2-8-20-30)35-27-15-13-25-33(35)37-34-26-14-16-28-36(34)39(31-21-9-3-10-22-31)32-23-11-4-12-24-32;1-2-4-8-6(3-1)7-5-9-11-10-7;1-3-5-4-2;2-1(3,4)5;/h1-28H;1-5H,(H,9,10,11);3-4H2,1-2H3;;/q;;;-1;+1. The number of nitrogens with one attached hydrogen (secondary N) is 1. The zero-order valence-electron chi connectivity index (χ0n) is 33.4. The molecule has 0 fully saturated rings. The first-order valence-electron chi connectivity index (χ1n) is 19.2. The minimum atomic E-state index is -6.00. The van der Waals surface area contributed by atoms with Crippen molar-refractivity contribution < 1.29 is 43.8 Å². The summed E-state index contributed by atoms with van der Waals surface area (Å²) in [6.45, 7) is 5.67. The normalized spacial score (nSPS) is 10.5. The van der Waals surface area contributed by atoms with Gasteiger partial charge in [-0.1, -0.05) is 169 Å². The molecule has 2 heterocycles. The summed E-state index contributed by atoms with van der Waals surface area (Å²) in [6, 6.07) is 65.9. The van der Waals surface area contributed by atoms with Gasteiger partial charge < -0.3 is 26.7 Å². The fourth-order valence-corrected chi connectivity index (χ4v) is 10.5. The molecule has 1 N–H and O–H groups in total. The number of hydrogen-bond donors (Lipinski definition) is 1. The predicted molar refractivity (Wildman–Crippen MR) is 242 cm³/mol. The van der Waals surface area contributed by atoms with E-state index in [-0.39, 0.29) is 17.1 Å². The van der Waals surface area contributed by atoms with E-state index in [2.05, 4.69) is 190 Å². The number of aromatic amines is 1. The second kappa shape index (κ2) is 26.0. The van der Waals surface area contributed by atoms with Crippen molar-refractivity contribution in [1.82, 2.24) is 20.4 Å². The van der Waals surface area contributed by atoms with E-state index in [9.17, 15) is 17.3 Å². The zero-order chi connectivity index (χ0) is 42.4. The summed E-state index contributed by atoms with van der Waals surface area (Å²) in [5.74, 6) is 1.81. The van der Waals surface area contributed by atoms with E-state index in [1.807, 2.05) is 32.0 Å². The monoisotopic (exact) mass is 908 g/mol. The van der Waals surface area contributed by atoms with Gasteiger partial charge in [0.05, 0.1) is 11.9 Å². The third kappa shape index (κ3) is 15.8. The fraction of sp³-hybridized carbons (Fsp3) is 0.0851. The molecule has 0 aliphatic carbocycles. The van der Waals surface area contributed by atoms with Crippen LogP contribution in [-0.4, -0.2) is 40.9 Å². The van der Waals surface area contributed by atoms with E-state index in [0.29, 0.717) is 0 Å². The number of halogens is 4. The molecule has 0 saturated heterocycles. The van der Waals surface area contributed by atoms with Gasteiger partial charge in [0, 0.05) is 30.0 Å². The Balaban J connectivity index is 0.000000305. The van der Waals surface area contributed by atoms with E-state index >= 15 is 0 Å². The first-order chi connectivity index (χ1) is 29.3. The van der Waals surface area contributed by atoms with Crippen LogP contribution < -0.4 is 36.6 Å². The summed E-state index contributed by atoms with van der Waals surface area (Å²) in [5.41, 5.74) is 1.60. The largest absolute Gasteiger partial charge is 1.00 e. The molecule has 6 aromatic carbocycles. The summed E-state index contributed by atoms with van der Waals surface area (Å²) < 4.78 is 50.8. The van der Waals surface area contributed by atoms with Crippen LogP contribution in [0.2, 0.25) is 0 Å². The van der Waals surface area contributed by atoms with Crippen LogP contribution in [0.15, 0.2) is 200 Å². The van der Waals surface area contributed by atoms with Crippen LogP contribution in [0.1, 0.15) is 13.8 Å². The minimum absolute atomic E-state index is 0. The van der Waals surface area contributed by atoms with Gasteiger partial charge in [0.2, 0.25) is 0 Å². The fourth-order valence-electron chi connectivity index (χ4n) is 5.78. The third-order valence-corrected chi connectivity index (χ3v) is 13.2. The van der Waals surface area contributed by atoms with Crippen molar-refractivity contribution in [2.75, 3.05) is 13.2 Å². The van der Waals surface area contributed by atoms with Gasteiger partial charge in [-0.2, -0.15) is 0 Å². The molecule has 0 radical (unpaired) electrons. The number of hydrogen-bond acceptors (Lipinski definition) is 5. The Kier molecular flexibility index (Phi) is 20.5. The van der Waals surface area contributed by atoms with Crippen molar-refractivity contribution in [3.05, 3.63) is 200 Å². The molecule has 0 bridgehead atoms. The van der Waals surface area contributed by atoms with Gasteiger partial charge in [-0.25, -0.2) is 0 Å². The number of benzene rings is 6. The van der Waals surface area contributed by atoms with Gasteiger partial charge in [-0.05, 0) is 75.2 Å². The molecule has 0 saturated carbocycles. The molecule has 6 nitrogen and oxygen atoms in total. The van der Waals surface area contributed by atoms with E-state index < -0.39 is 23.1 Å². The SMILES string of the molecule is CCOCC.F[B-](F)(F)F.[Cu+].c1ccc(-c2c[nH]nn2)nc1.c1ccc(P(c2ccccc2)c2ccccc2Oc2ccccc2P(c2ccccc2)c2ccccc2)cc1. The van der Waals surface area contributed by atoms with Crippen molar-refractivity contribution in [2.24, 2.45) is 0 Å². The number of rotatable bonds is 11. The van der Waals surface area contributed by atoms with Crippen molar-refractivity contribution >= 4 is 54.9 Å². The molecular weight excluding hydrogens is 865 g/mol. The quantitative estimate of drug-likeness (QED) is 0.0795. The van der Waals surface area contributed by atoms with Crippen LogP contribution in [0.5, 0.6) is 11.5 Å². The van der Waals surface area contributed by atoms with Crippen molar-refractivity contribution in [3.63, 3.8) is 0 Å². The van der Waals surface area contributed by atoms with E-state index in [0.717, 1.165) is 36.1 Å². The van der Waals surface area contributed by atoms with Crippen LogP contribution in [0.3, 0.4) is 0 Å². The van der Waals surface area contributed by atoms with Crippen LogP contribution >= 0.6 is 15.8 Å². The van der Waals surface area contributed by atoms with Crippen LogP contribution in [0.4, 0.5) is 17.3 Å². The molecule has 14 heteroatoms. The third-order valence-electron chi connectivity index (χ3n) is 8.24. The summed E-state index contributed by atoms with van der Waals surface area (Å²) in [5, 5.41) is 17.7. The number of H-pyrrole nitrogens is 1. The van der Waals surface area contributed by atoms with Gasteiger partial charge in [0.15, 0.2) is 0 Å². The molecule has 8 rings (SSSR count). The van der Waals surface area contributed by atoms with E-state index in [1.165, 1.54) is 31.8 Å². The molecule has 61 heavy (non-hydrogen) atoms. The second-order valence-corrected chi connectivity index (χ2v) is 16.8. The Morgan fingerprint density at radius 3 is 1.16 bits per heavy atom. The van der Waals surface area contributed by atoms with Gasteiger partial charge >= 0.3 is 24.3 Å². The number of pyridine rings is 1. The molecular formula is C47H44BCuF4N4O2P2. The Morgan fingerprint density at radius 1 is 0.492 bits per heavy atom. The maximum Gasteiger partial charge on any atom is 1.00 e. The maximum atomic E-state index is 9.75. The summed E-state index contributed by atoms with van der Waals surface area (Å²) >= 11 is 0.